The fraction of sp³-hybridized carbons (Fsp3) is 0.375. The van der Waals surface area contributed by atoms with Crippen LogP contribution in [-0.4, -0.2) is 58.7 Å². The zero-order valence-electron chi connectivity index (χ0n) is 20.1. The number of unbranched alkanes of at least 4 members (excludes halogenated alkanes) is 1. The normalized spacial score (nSPS) is 12.7. The van der Waals surface area contributed by atoms with Crippen LogP contribution in [0.5, 0.6) is 0 Å². The third-order valence-corrected chi connectivity index (χ3v) is 7.04. The number of rotatable bonds is 14. The van der Waals surface area contributed by atoms with Gasteiger partial charge in [-0.2, -0.15) is 4.31 Å². The molecule has 1 heterocycles. The summed E-state index contributed by atoms with van der Waals surface area (Å²) in [6.07, 6.45) is 7.07. The van der Waals surface area contributed by atoms with Gasteiger partial charge in [0.2, 0.25) is 15.9 Å². The SMILES string of the molecule is CC(C)CN([C@@H](CCCCNC(=O)/C=C/c1cccnc1)C(=O)O)S(=O)(=O)c1ccc([N+](=O)[O-])cc1. The minimum atomic E-state index is -4.23. The van der Waals surface area contributed by atoms with Crippen molar-refractivity contribution >= 4 is 33.7 Å². The van der Waals surface area contributed by atoms with Crippen LogP contribution in [0.2, 0.25) is 0 Å². The Hall–Kier alpha value is -3.64. The quantitative estimate of drug-likeness (QED) is 0.167. The van der Waals surface area contributed by atoms with Gasteiger partial charge in [0.15, 0.2) is 0 Å². The van der Waals surface area contributed by atoms with Crippen LogP contribution in [-0.2, 0) is 19.6 Å². The Morgan fingerprint density at radius 1 is 1.19 bits per heavy atom. The third-order valence-electron chi connectivity index (χ3n) is 5.15. The largest absolute Gasteiger partial charge is 0.480 e. The standard InChI is InChI=1S/C24H30N4O7S/c1-18(2)17-27(36(34,35)21-11-9-20(10-12-21)28(32)33)22(24(30)31)7-3-4-15-26-23(29)13-8-19-6-5-14-25-16-19/h5-6,8-14,16,18,22H,3-4,7,15,17H2,1-2H3,(H,26,29)(H,30,31)/b13-8+/t22-/m0/s1. The molecule has 0 aliphatic heterocycles. The zero-order valence-corrected chi connectivity index (χ0v) is 20.9. The second kappa shape index (κ2) is 13.4. The molecule has 0 spiro atoms. The number of aliphatic carboxylic acids is 1. The molecule has 2 aromatic rings. The van der Waals surface area contributed by atoms with Crippen LogP contribution in [0, 0.1) is 16.0 Å². The number of carboxylic acid groups (broad SMARTS) is 1. The number of benzene rings is 1. The van der Waals surface area contributed by atoms with Gasteiger partial charge >= 0.3 is 5.97 Å². The number of aromatic nitrogens is 1. The van der Waals surface area contributed by atoms with Crippen molar-refractivity contribution in [2.45, 2.75) is 44.0 Å². The number of nitrogens with one attached hydrogen (secondary N) is 1. The van der Waals surface area contributed by atoms with Crippen molar-refractivity contribution in [1.29, 1.82) is 0 Å². The Kier molecular flexibility index (Phi) is 10.7. The first-order valence-electron chi connectivity index (χ1n) is 11.4. The molecule has 194 valence electrons. The van der Waals surface area contributed by atoms with Gasteiger partial charge in [0.1, 0.15) is 6.04 Å². The number of nitrogens with zero attached hydrogens (tertiary/aromatic N) is 3. The maximum absolute atomic E-state index is 13.3. The highest BCUT2D eigenvalue weighted by Gasteiger charge is 2.36. The van der Waals surface area contributed by atoms with Crippen LogP contribution in [0.3, 0.4) is 0 Å². The number of carbonyl (C=O) groups excluding carboxylic acids is 1. The average molecular weight is 519 g/mol. The lowest BCUT2D eigenvalue weighted by Gasteiger charge is -2.29. The average Bonchev–Trinajstić information content (AvgIpc) is 2.84. The minimum absolute atomic E-state index is 0.0356. The van der Waals surface area contributed by atoms with Crippen LogP contribution in [0.1, 0.15) is 38.7 Å². The van der Waals surface area contributed by atoms with Gasteiger partial charge in [0, 0.05) is 43.7 Å². The number of hydrogen-bond acceptors (Lipinski definition) is 7. The van der Waals surface area contributed by atoms with E-state index in [0.29, 0.717) is 19.4 Å². The molecule has 1 aromatic heterocycles. The minimum Gasteiger partial charge on any atom is -0.480 e. The van der Waals surface area contributed by atoms with Crippen LogP contribution >= 0.6 is 0 Å². The molecule has 2 rings (SSSR count). The first kappa shape index (κ1) is 28.6. The third kappa shape index (κ3) is 8.54. The molecule has 0 radical (unpaired) electrons. The van der Waals surface area contributed by atoms with Crippen molar-refractivity contribution in [3.8, 4) is 0 Å². The Bertz CT molecular complexity index is 1170. The molecule has 1 aromatic carbocycles. The highest BCUT2D eigenvalue weighted by atomic mass is 32.2. The smallest absolute Gasteiger partial charge is 0.322 e. The van der Waals surface area contributed by atoms with Gasteiger partial charge in [0.25, 0.3) is 5.69 Å². The Labute approximate surface area is 210 Å². The summed E-state index contributed by atoms with van der Waals surface area (Å²) >= 11 is 0. The van der Waals surface area contributed by atoms with Crippen molar-refractivity contribution in [3.63, 3.8) is 0 Å². The Balaban J connectivity index is 2.02. The fourth-order valence-corrected chi connectivity index (χ4v) is 5.17. The van der Waals surface area contributed by atoms with E-state index in [1.165, 1.54) is 6.08 Å². The highest BCUT2D eigenvalue weighted by molar-refractivity contribution is 7.89. The second-order valence-electron chi connectivity index (χ2n) is 8.48. The van der Waals surface area contributed by atoms with Gasteiger partial charge in [0.05, 0.1) is 9.82 Å². The molecule has 12 heteroatoms. The molecular formula is C24H30N4O7S. The predicted octanol–water partition coefficient (Wildman–Crippen LogP) is 3.09. The number of nitro groups is 1. The first-order valence-corrected chi connectivity index (χ1v) is 12.8. The molecule has 1 atom stereocenters. The molecule has 0 fully saturated rings. The summed E-state index contributed by atoms with van der Waals surface area (Å²) in [5, 5.41) is 23.4. The second-order valence-corrected chi connectivity index (χ2v) is 10.4. The van der Waals surface area contributed by atoms with E-state index in [1.807, 2.05) is 0 Å². The van der Waals surface area contributed by atoms with E-state index in [4.69, 9.17) is 0 Å². The number of hydrogen-bond donors (Lipinski definition) is 2. The van der Waals surface area contributed by atoms with E-state index in [-0.39, 0.29) is 35.4 Å². The van der Waals surface area contributed by atoms with E-state index >= 15 is 0 Å². The van der Waals surface area contributed by atoms with Crippen molar-refractivity contribution in [2.75, 3.05) is 13.1 Å². The van der Waals surface area contributed by atoms with Gasteiger partial charge < -0.3 is 10.4 Å². The van der Waals surface area contributed by atoms with Crippen LogP contribution in [0.4, 0.5) is 5.69 Å². The van der Waals surface area contributed by atoms with E-state index < -0.39 is 27.0 Å². The summed E-state index contributed by atoms with van der Waals surface area (Å²) in [6.45, 7) is 3.80. The molecule has 0 bridgehead atoms. The van der Waals surface area contributed by atoms with Gasteiger partial charge in [-0.05, 0) is 55.0 Å². The number of carboxylic acids is 1. The molecule has 36 heavy (non-hydrogen) atoms. The van der Waals surface area contributed by atoms with Gasteiger partial charge in [-0.1, -0.05) is 19.9 Å². The van der Waals surface area contributed by atoms with Crippen molar-refractivity contribution in [3.05, 3.63) is 70.5 Å². The summed E-state index contributed by atoms with van der Waals surface area (Å²) in [5.74, 6) is -1.76. The van der Waals surface area contributed by atoms with Crippen LogP contribution < -0.4 is 5.32 Å². The number of amides is 1. The molecule has 11 nitrogen and oxygen atoms in total. The maximum Gasteiger partial charge on any atom is 0.322 e. The number of non-ortho nitro benzene ring substituents is 1. The molecule has 0 aliphatic carbocycles. The van der Waals surface area contributed by atoms with E-state index in [9.17, 15) is 33.2 Å². The van der Waals surface area contributed by atoms with Crippen molar-refractivity contribution < 1.29 is 28.0 Å². The Morgan fingerprint density at radius 2 is 1.89 bits per heavy atom. The monoisotopic (exact) mass is 518 g/mol. The van der Waals surface area contributed by atoms with Gasteiger partial charge in [-0.15, -0.1) is 0 Å². The first-order chi connectivity index (χ1) is 17.0. The summed E-state index contributed by atoms with van der Waals surface area (Å²) in [6, 6.07) is 6.58. The number of carbonyl (C=O) groups is 2. The van der Waals surface area contributed by atoms with Crippen molar-refractivity contribution in [1.82, 2.24) is 14.6 Å². The van der Waals surface area contributed by atoms with Crippen molar-refractivity contribution in [2.24, 2.45) is 5.92 Å². The number of nitro benzene ring substituents is 1. The summed E-state index contributed by atoms with van der Waals surface area (Å²) in [4.78, 5) is 38.0. The lowest BCUT2D eigenvalue weighted by Crippen LogP contribution is -2.46. The van der Waals surface area contributed by atoms with Crippen LogP contribution in [0.25, 0.3) is 6.08 Å². The summed E-state index contributed by atoms with van der Waals surface area (Å²) in [7, 11) is -4.23. The van der Waals surface area contributed by atoms with E-state index in [1.54, 1.807) is 44.4 Å². The summed E-state index contributed by atoms with van der Waals surface area (Å²) < 4.78 is 27.5. The molecule has 2 N–H and O–H groups in total. The van der Waals surface area contributed by atoms with Gasteiger partial charge in [-0.25, -0.2) is 8.42 Å². The van der Waals surface area contributed by atoms with Crippen LogP contribution in [0.15, 0.2) is 59.8 Å². The predicted molar refractivity (Wildman–Crippen MR) is 133 cm³/mol. The highest BCUT2D eigenvalue weighted by Crippen LogP contribution is 2.24. The van der Waals surface area contributed by atoms with E-state index in [0.717, 1.165) is 34.1 Å². The maximum atomic E-state index is 13.3. The molecule has 0 saturated heterocycles. The Morgan fingerprint density at radius 3 is 2.44 bits per heavy atom. The molecule has 0 saturated carbocycles. The summed E-state index contributed by atoms with van der Waals surface area (Å²) in [5.41, 5.74) is 0.507. The van der Waals surface area contributed by atoms with E-state index in [2.05, 4.69) is 10.3 Å². The lowest BCUT2D eigenvalue weighted by molar-refractivity contribution is -0.384. The van der Waals surface area contributed by atoms with Gasteiger partial charge in [-0.3, -0.25) is 24.7 Å². The molecule has 0 aliphatic rings. The lowest BCUT2D eigenvalue weighted by atomic mass is 10.1. The zero-order chi connectivity index (χ0) is 26.7. The number of pyridine rings is 1. The molecular weight excluding hydrogens is 488 g/mol. The molecule has 1 amide bonds. The fourth-order valence-electron chi connectivity index (χ4n) is 3.40. The number of sulfonamides is 1. The topological polar surface area (TPSA) is 160 Å². The molecule has 0 unspecified atom stereocenters.